The van der Waals surface area contributed by atoms with E-state index in [1.807, 2.05) is 71.4 Å². The number of hydrogen-bond acceptors (Lipinski definition) is 4. The van der Waals surface area contributed by atoms with Crippen LogP contribution in [0.1, 0.15) is 28.8 Å². The lowest BCUT2D eigenvalue weighted by molar-refractivity contribution is 0.0971. The lowest BCUT2D eigenvalue weighted by Crippen LogP contribution is -2.49. The van der Waals surface area contributed by atoms with Crippen molar-refractivity contribution in [3.05, 3.63) is 84.2 Å². The van der Waals surface area contributed by atoms with E-state index < -0.39 is 0 Å². The fraction of sp³-hybridized carbons (Fsp3) is 0.222. The van der Waals surface area contributed by atoms with E-state index in [1.54, 1.807) is 12.1 Å². The minimum Gasteiger partial charge on any atom is -0.349 e. The molecular formula is C27H25N5O. The smallest absolute Gasteiger partial charge is 0.259 e. The number of nitrogens with zero attached hydrogens (tertiary/aromatic N) is 4. The second-order valence-electron chi connectivity index (χ2n) is 8.47. The minimum atomic E-state index is -0.0436. The molecule has 6 nitrogen and oxygen atoms in total. The van der Waals surface area contributed by atoms with E-state index in [0.717, 1.165) is 48.0 Å². The molecule has 0 aliphatic carbocycles. The normalized spacial score (nSPS) is 15.8. The molecule has 3 heterocycles. The zero-order valence-corrected chi connectivity index (χ0v) is 18.5. The number of piperidine rings is 1. The highest BCUT2D eigenvalue weighted by Gasteiger charge is 2.29. The molecule has 6 heteroatoms. The van der Waals surface area contributed by atoms with Crippen LogP contribution in [-0.4, -0.2) is 34.6 Å². The first-order valence-electron chi connectivity index (χ1n) is 11.2. The first-order valence-corrected chi connectivity index (χ1v) is 11.2. The first-order chi connectivity index (χ1) is 16.1. The highest BCUT2D eigenvalue weighted by atomic mass is 16.2. The summed E-state index contributed by atoms with van der Waals surface area (Å²) in [6.07, 6.45) is 5.82. The summed E-state index contributed by atoms with van der Waals surface area (Å²) >= 11 is 0. The van der Waals surface area contributed by atoms with Gasteiger partial charge in [0.25, 0.3) is 5.91 Å². The van der Waals surface area contributed by atoms with Crippen LogP contribution >= 0.6 is 0 Å². The van der Waals surface area contributed by atoms with Crippen molar-refractivity contribution in [1.29, 1.82) is 5.26 Å². The molecule has 2 aromatic heterocycles. The van der Waals surface area contributed by atoms with Crippen LogP contribution in [0.4, 0.5) is 5.82 Å². The van der Waals surface area contributed by atoms with Crippen molar-refractivity contribution in [3.63, 3.8) is 0 Å². The van der Waals surface area contributed by atoms with Gasteiger partial charge in [-0.1, -0.05) is 24.3 Å². The predicted octanol–water partition coefficient (Wildman–Crippen LogP) is 4.51. The van der Waals surface area contributed by atoms with Crippen LogP contribution in [0, 0.1) is 11.3 Å². The maximum atomic E-state index is 13.7. The van der Waals surface area contributed by atoms with E-state index in [9.17, 15) is 4.79 Å². The van der Waals surface area contributed by atoms with Gasteiger partial charge in [0.15, 0.2) is 0 Å². The summed E-state index contributed by atoms with van der Waals surface area (Å²) < 4.78 is 2.03. The van der Waals surface area contributed by atoms with Gasteiger partial charge >= 0.3 is 0 Å². The Labute approximate surface area is 193 Å². The average molecular weight is 436 g/mol. The zero-order valence-electron chi connectivity index (χ0n) is 18.5. The lowest BCUT2D eigenvalue weighted by Gasteiger charge is -2.34. The number of nitriles is 1. The maximum absolute atomic E-state index is 13.7. The van der Waals surface area contributed by atoms with Gasteiger partial charge in [-0.05, 0) is 66.9 Å². The van der Waals surface area contributed by atoms with Crippen LogP contribution in [0.2, 0.25) is 0 Å². The number of hydrogen-bond donors (Lipinski definition) is 1. The monoisotopic (exact) mass is 435 g/mol. The Morgan fingerprint density at radius 3 is 2.52 bits per heavy atom. The van der Waals surface area contributed by atoms with Crippen molar-refractivity contribution >= 4 is 22.6 Å². The molecule has 1 fully saturated rings. The van der Waals surface area contributed by atoms with Crippen molar-refractivity contribution < 1.29 is 4.79 Å². The summed E-state index contributed by atoms with van der Waals surface area (Å²) in [4.78, 5) is 20.3. The van der Waals surface area contributed by atoms with E-state index in [2.05, 4.69) is 22.4 Å². The third kappa shape index (κ3) is 4.11. The number of benzene rings is 2. The number of fused-ring (bicyclic) bond motifs is 1. The molecule has 2 aromatic carbocycles. The SMILES string of the molecule is Cn1ccc2cc(N(C(=O)c3ccc(-c4ccc(C#N)cc4)cc3)[C@@H]3CCCNC3)ncc21. The summed E-state index contributed by atoms with van der Waals surface area (Å²) in [6.45, 7) is 1.73. The molecule has 0 unspecified atom stereocenters. The second kappa shape index (κ2) is 8.89. The van der Waals surface area contributed by atoms with Crippen LogP contribution in [0.5, 0.6) is 0 Å². The number of pyridine rings is 1. The summed E-state index contributed by atoms with van der Waals surface area (Å²) in [5, 5.41) is 13.5. The lowest BCUT2D eigenvalue weighted by atomic mass is 10.0. The van der Waals surface area contributed by atoms with Gasteiger partial charge in [-0.25, -0.2) is 4.98 Å². The predicted molar refractivity (Wildman–Crippen MR) is 130 cm³/mol. The van der Waals surface area contributed by atoms with Crippen LogP contribution in [-0.2, 0) is 7.05 Å². The average Bonchev–Trinajstić information content (AvgIpc) is 3.25. The molecule has 1 N–H and O–H groups in total. The van der Waals surface area contributed by atoms with Crippen LogP contribution in [0.15, 0.2) is 73.1 Å². The Balaban J connectivity index is 1.47. The molecule has 1 aliphatic heterocycles. The van der Waals surface area contributed by atoms with Crippen molar-refractivity contribution in [2.75, 3.05) is 18.0 Å². The van der Waals surface area contributed by atoms with Crippen LogP contribution in [0.25, 0.3) is 22.0 Å². The summed E-state index contributed by atoms with van der Waals surface area (Å²) in [5.41, 5.74) is 4.32. The van der Waals surface area contributed by atoms with E-state index >= 15 is 0 Å². The molecule has 1 amide bonds. The van der Waals surface area contributed by atoms with Gasteiger partial charge in [-0.3, -0.25) is 9.69 Å². The Hall–Kier alpha value is -3.95. The first kappa shape index (κ1) is 20.9. The molecule has 1 aliphatic rings. The highest BCUT2D eigenvalue weighted by molar-refractivity contribution is 6.07. The van der Waals surface area contributed by atoms with Gasteiger partial charge in [-0.2, -0.15) is 5.26 Å². The largest absolute Gasteiger partial charge is 0.349 e. The highest BCUT2D eigenvalue weighted by Crippen LogP contribution is 2.27. The minimum absolute atomic E-state index is 0.0436. The van der Waals surface area contributed by atoms with Gasteiger partial charge in [0, 0.05) is 30.7 Å². The number of amides is 1. The molecule has 33 heavy (non-hydrogen) atoms. The van der Waals surface area contributed by atoms with Gasteiger partial charge in [0.2, 0.25) is 0 Å². The molecule has 0 saturated carbocycles. The number of carbonyl (C=O) groups excluding carboxylic acids is 1. The van der Waals surface area contributed by atoms with Gasteiger partial charge < -0.3 is 9.88 Å². The van der Waals surface area contributed by atoms with E-state index in [1.165, 1.54) is 0 Å². The van der Waals surface area contributed by atoms with Crippen LogP contribution < -0.4 is 10.2 Å². The Bertz CT molecular complexity index is 1330. The molecule has 4 aromatic rings. The van der Waals surface area contributed by atoms with Crippen LogP contribution in [0.3, 0.4) is 0 Å². The molecule has 0 spiro atoms. The van der Waals surface area contributed by atoms with Crippen molar-refractivity contribution in [2.24, 2.45) is 7.05 Å². The van der Waals surface area contributed by atoms with E-state index in [4.69, 9.17) is 5.26 Å². The van der Waals surface area contributed by atoms with Crippen molar-refractivity contribution in [2.45, 2.75) is 18.9 Å². The zero-order chi connectivity index (χ0) is 22.8. The van der Waals surface area contributed by atoms with E-state index in [-0.39, 0.29) is 11.9 Å². The van der Waals surface area contributed by atoms with Gasteiger partial charge in [0.05, 0.1) is 29.4 Å². The number of nitrogens with one attached hydrogen (secondary N) is 1. The van der Waals surface area contributed by atoms with E-state index in [0.29, 0.717) is 16.9 Å². The number of aryl methyl sites for hydroxylation is 1. The topological polar surface area (TPSA) is 74.0 Å². The molecule has 164 valence electrons. The quantitative estimate of drug-likeness (QED) is 0.512. The number of carbonyl (C=O) groups is 1. The van der Waals surface area contributed by atoms with Crippen molar-refractivity contribution in [1.82, 2.24) is 14.9 Å². The van der Waals surface area contributed by atoms with Gasteiger partial charge in [-0.15, -0.1) is 0 Å². The number of anilines is 1. The summed E-state index contributed by atoms with van der Waals surface area (Å²) in [6, 6.07) is 21.4. The molecule has 1 atom stereocenters. The molecule has 1 saturated heterocycles. The molecule has 0 radical (unpaired) electrons. The summed E-state index contributed by atoms with van der Waals surface area (Å²) in [7, 11) is 1.99. The van der Waals surface area contributed by atoms with Crippen molar-refractivity contribution in [3.8, 4) is 17.2 Å². The second-order valence-corrected chi connectivity index (χ2v) is 8.47. The molecule has 0 bridgehead atoms. The fourth-order valence-corrected chi connectivity index (χ4v) is 4.48. The van der Waals surface area contributed by atoms with Gasteiger partial charge in [0.1, 0.15) is 5.82 Å². The number of rotatable bonds is 4. The Morgan fingerprint density at radius 2 is 1.85 bits per heavy atom. The standard InChI is InChI=1S/C27H25N5O/c1-31-14-12-23-15-26(30-18-25(23)31)32(24-3-2-13-29-17-24)27(33)22-10-8-21(9-11-22)20-6-4-19(16-28)5-7-20/h4-12,14-15,18,24,29H,2-3,13,17H2,1H3/t24-/m1/s1. The third-order valence-electron chi connectivity index (χ3n) is 6.34. The third-order valence-corrected chi connectivity index (χ3v) is 6.34. The maximum Gasteiger partial charge on any atom is 0.259 e. The molecular weight excluding hydrogens is 410 g/mol. The fourth-order valence-electron chi connectivity index (χ4n) is 4.48. The summed E-state index contributed by atoms with van der Waals surface area (Å²) in [5.74, 6) is 0.640. The molecule has 5 rings (SSSR count). The Kier molecular flexibility index (Phi) is 5.64. The number of aromatic nitrogens is 2. The Morgan fingerprint density at radius 1 is 1.12 bits per heavy atom.